The fourth-order valence-corrected chi connectivity index (χ4v) is 8.33. The predicted octanol–water partition coefficient (Wildman–Crippen LogP) is 4.73. The van der Waals surface area contributed by atoms with E-state index < -0.39 is 5.79 Å². The molecule has 0 unspecified atom stereocenters. The van der Waals surface area contributed by atoms with Gasteiger partial charge in [-0.05, 0) is 81.5 Å². The highest BCUT2D eigenvalue weighted by Gasteiger charge is 2.69. The molecule has 2 bridgehead atoms. The Morgan fingerprint density at radius 3 is 2.64 bits per heavy atom. The van der Waals surface area contributed by atoms with Crippen LogP contribution in [0.15, 0.2) is 0 Å². The molecule has 1 aliphatic heterocycles. The van der Waals surface area contributed by atoms with Gasteiger partial charge in [0.15, 0.2) is 5.79 Å². The first kappa shape index (κ1) is 16.7. The smallest absolute Gasteiger partial charge is 0.163 e. The summed E-state index contributed by atoms with van der Waals surface area (Å²) in [6.07, 6.45) is 9.70. The van der Waals surface area contributed by atoms with Crippen LogP contribution in [0.1, 0.15) is 79.1 Å². The van der Waals surface area contributed by atoms with E-state index in [4.69, 9.17) is 9.47 Å². The van der Waals surface area contributed by atoms with Crippen molar-refractivity contribution in [3.05, 3.63) is 0 Å². The monoisotopic (exact) mass is 346 g/mol. The number of fused-ring (bicyclic) bond motifs is 4. The summed E-state index contributed by atoms with van der Waals surface area (Å²) in [7, 11) is 0. The molecule has 0 amide bonds. The molecule has 1 spiro atoms. The van der Waals surface area contributed by atoms with Crippen LogP contribution in [-0.4, -0.2) is 24.3 Å². The highest BCUT2D eigenvalue weighted by atomic mass is 16.7. The largest absolute Gasteiger partial charge is 0.350 e. The van der Waals surface area contributed by atoms with Crippen molar-refractivity contribution < 1.29 is 14.3 Å². The fourth-order valence-electron chi connectivity index (χ4n) is 8.33. The van der Waals surface area contributed by atoms with Crippen molar-refractivity contribution >= 4 is 5.78 Å². The Hall–Kier alpha value is -0.410. The van der Waals surface area contributed by atoms with E-state index in [-0.39, 0.29) is 5.41 Å². The van der Waals surface area contributed by atoms with Crippen molar-refractivity contribution in [3.8, 4) is 0 Å². The summed E-state index contributed by atoms with van der Waals surface area (Å²) in [4.78, 5) is 12.4. The van der Waals surface area contributed by atoms with Gasteiger partial charge in [0.05, 0.1) is 12.7 Å². The molecule has 4 saturated carbocycles. The lowest BCUT2D eigenvalue weighted by atomic mass is 9.39. The van der Waals surface area contributed by atoms with Crippen LogP contribution in [0.5, 0.6) is 0 Å². The van der Waals surface area contributed by atoms with Crippen molar-refractivity contribution in [3.63, 3.8) is 0 Å². The third kappa shape index (κ3) is 1.98. The summed E-state index contributed by atoms with van der Waals surface area (Å²) in [6, 6.07) is 0. The highest BCUT2D eigenvalue weighted by molar-refractivity contribution is 5.82. The minimum absolute atomic E-state index is 0.127. The fraction of sp³-hybridized carbons (Fsp3) is 0.955. The summed E-state index contributed by atoms with van der Waals surface area (Å²) >= 11 is 0. The van der Waals surface area contributed by atoms with E-state index in [2.05, 4.69) is 27.7 Å². The van der Waals surface area contributed by atoms with E-state index in [1.807, 2.05) is 0 Å². The zero-order chi connectivity index (χ0) is 17.7. The van der Waals surface area contributed by atoms with Crippen LogP contribution in [0.3, 0.4) is 0 Å². The minimum atomic E-state index is -0.441. The number of ketones is 1. The molecule has 7 atom stereocenters. The summed E-state index contributed by atoms with van der Waals surface area (Å²) in [6.45, 7) is 9.97. The van der Waals surface area contributed by atoms with E-state index in [1.54, 1.807) is 0 Å². The molecule has 0 aromatic carbocycles. The number of rotatable bonds is 0. The van der Waals surface area contributed by atoms with Gasteiger partial charge in [0.25, 0.3) is 0 Å². The zero-order valence-electron chi connectivity index (χ0n) is 16.4. The summed E-state index contributed by atoms with van der Waals surface area (Å²) in [5, 5.41) is 0. The van der Waals surface area contributed by atoms with Gasteiger partial charge in [0, 0.05) is 17.8 Å². The SMILES string of the molecule is CC1(C)OC[C@]2(C)[C@@H](CC[C@@]3(C)[C@H]2CC[C@H]2C[C@@H]4C[C@@]23CCC4=O)O1. The maximum absolute atomic E-state index is 12.4. The van der Waals surface area contributed by atoms with Gasteiger partial charge in [-0.15, -0.1) is 0 Å². The summed E-state index contributed by atoms with van der Waals surface area (Å²) in [5.74, 6) is 1.94. The first-order valence-corrected chi connectivity index (χ1v) is 10.5. The third-order valence-electron chi connectivity index (χ3n) is 9.56. The number of Topliss-reactive ketones (excluding diaryl/α,β-unsaturated/α-hetero) is 1. The van der Waals surface area contributed by atoms with Gasteiger partial charge >= 0.3 is 0 Å². The Morgan fingerprint density at radius 2 is 1.84 bits per heavy atom. The van der Waals surface area contributed by atoms with Crippen LogP contribution in [0, 0.1) is 34.0 Å². The maximum atomic E-state index is 12.4. The van der Waals surface area contributed by atoms with Crippen molar-refractivity contribution in [1.82, 2.24) is 0 Å². The molecule has 5 rings (SSSR count). The molecule has 3 nitrogen and oxygen atoms in total. The van der Waals surface area contributed by atoms with Gasteiger partial charge in [-0.3, -0.25) is 4.79 Å². The zero-order valence-corrected chi connectivity index (χ0v) is 16.4. The van der Waals surface area contributed by atoms with Gasteiger partial charge in [-0.25, -0.2) is 0 Å². The van der Waals surface area contributed by atoms with Gasteiger partial charge in [-0.2, -0.15) is 0 Å². The van der Waals surface area contributed by atoms with Crippen molar-refractivity contribution in [2.75, 3.05) is 6.61 Å². The van der Waals surface area contributed by atoms with Crippen LogP contribution >= 0.6 is 0 Å². The van der Waals surface area contributed by atoms with Crippen molar-refractivity contribution in [1.29, 1.82) is 0 Å². The first-order valence-electron chi connectivity index (χ1n) is 10.5. The van der Waals surface area contributed by atoms with E-state index in [9.17, 15) is 4.79 Å². The third-order valence-corrected chi connectivity index (χ3v) is 9.56. The Labute approximate surface area is 152 Å². The molecule has 140 valence electrons. The number of carbonyl (C=O) groups is 1. The molecular formula is C22H34O3. The Kier molecular flexibility index (Phi) is 3.28. The van der Waals surface area contributed by atoms with E-state index >= 15 is 0 Å². The summed E-state index contributed by atoms with van der Waals surface area (Å²) < 4.78 is 12.6. The Morgan fingerprint density at radius 1 is 1.04 bits per heavy atom. The molecule has 0 N–H and O–H groups in total. The Bertz CT molecular complexity index is 612. The minimum Gasteiger partial charge on any atom is -0.350 e. The van der Waals surface area contributed by atoms with Crippen LogP contribution in [0.2, 0.25) is 0 Å². The molecule has 1 saturated heterocycles. The number of hydrogen-bond acceptors (Lipinski definition) is 3. The molecule has 25 heavy (non-hydrogen) atoms. The quantitative estimate of drug-likeness (QED) is 0.636. The average Bonchev–Trinajstić information content (AvgIpc) is 2.88. The topological polar surface area (TPSA) is 35.5 Å². The number of carbonyl (C=O) groups excluding carboxylic acids is 1. The van der Waals surface area contributed by atoms with Gasteiger partial charge < -0.3 is 9.47 Å². The average molecular weight is 347 g/mol. The van der Waals surface area contributed by atoms with Crippen LogP contribution in [0.4, 0.5) is 0 Å². The first-order chi connectivity index (χ1) is 11.7. The second-order valence-corrected chi connectivity index (χ2v) is 10.8. The van der Waals surface area contributed by atoms with E-state index in [0.717, 1.165) is 31.8 Å². The lowest BCUT2D eigenvalue weighted by molar-refractivity contribution is -0.351. The molecule has 0 aromatic heterocycles. The molecule has 0 aromatic rings. The molecule has 0 radical (unpaired) electrons. The number of hydrogen-bond donors (Lipinski definition) is 0. The second-order valence-electron chi connectivity index (χ2n) is 10.8. The molecule has 3 heteroatoms. The van der Waals surface area contributed by atoms with Crippen molar-refractivity contribution in [2.45, 2.75) is 91.0 Å². The second kappa shape index (κ2) is 4.90. The van der Waals surface area contributed by atoms with Crippen LogP contribution in [-0.2, 0) is 14.3 Å². The Balaban J connectivity index is 1.53. The van der Waals surface area contributed by atoms with Crippen molar-refractivity contribution in [2.24, 2.45) is 34.0 Å². The molecule has 1 heterocycles. The standard InChI is InChI=1S/C22H34O3/c1-19(2)24-13-20(3)17-6-5-15-11-14-12-22(15,10-7-16(14)23)21(17,4)9-8-18(20)25-19/h14-15,17-18H,5-13H2,1-4H3/t14-,15+,17+,18-,20+,21+,22+/m1/s1. The van der Waals surface area contributed by atoms with E-state index in [1.165, 1.54) is 32.1 Å². The highest BCUT2D eigenvalue weighted by Crippen LogP contribution is 2.74. The van der Waals surface area contributed by atoms with Crippen LogP contribution < -0.4 is 0 Å². The molecule has 4 aliphatic carbocycles. The van der Waals surface area contributed by atoms with Gasteiger partial charge in [0.1, 0.15) is 5.78 Å². The molecular weight excluding hydrogens is 312 g/mol. The lowest BCUT2D eigenvalue weighted by Gasteiger charge is -2.68. The summed E-state index contributed by atoms with van der Waals surface area (Å²) in [5.41, 5.74) is 0.891. The normalized spacial score (nSPS) is 56.7. The number of ether oxygens (including phenoxy) is 2. The maximum Gasteiger partial charge on any atom is 0.163 e. The van der Waals surface area contributed by atoms with Gasteiger partial charge in [0.2, 0.25) is 0 Å². The molecule has 5 aliphatic rings. The lowest BCUT2D eigenvalue weighted by Crippen LogP contribution is -2.66. The van der Waals surface area contributed by atoms with E-state index in [0.29, 0.717) is 34.6 Å². The predicted molar refractivity (Wildman–Crippen MR) is 96.0 cm³/mol. The molecule has 5 fully saturated rings. The van der Waals surface area contributed by atoms with Crippen LogP contribution in [0.25, 0.3) is 0 Å². The van der Waals surface area contributed by atoms with Gasteiger partial charge in [-0.1, -0.05) is 13.8 Å².